The Morgan fingerprint density at radius 3 is 1.79 bits per heavy atom. The zero-order valence-corrected chi connectivity index (χ0v) is 33.6. The summed E-state index contributed by atoms with van der Waals surface area (Å²) in [6.45, 7) is 5.67. The zero-order chi connectivity index (χ0) is 39.1. The molecule has 310 valence electrons. The van der Waals surface area contributed by atoms with Crippen molar-refractivity contribution in [2.24, 2.45) is 0 Å². The molecule has 0 saturated carbocycles. The van der Waals surface area contributed by atoms with Gasteiger partial charge in [0, 0.05) is 0 Å². The van der Waals surface area contributed by atoms with Gasteiger partial charge in [-0.05, 0) is 45.4 Å². The molecule has 1 aliphatic heterocycles. The number of nitrogens with one attached hydrogen (secondary N) is 1. The normalized spacial score (nSPS) is 22.8. The van der Waals surface area contributed by atoms with E-state index in [0.717, 1.165) is 32.1 Å². The van der Waals surface area contributed by atoms with Crippen molar-refractivity contribution in [3.8, 4) is 0 Å². The van der Waals surface area contributed by atoms with Crippen molar-refractivity contribution in [2.75, 3.05) is 13.2 Å². The summed E-state index contributed by atoms with van der Waals surface area (Å²) >= 11 is 0. The van der Waals surface area contributed by atoms with Crippen molar-refractivity contribution >= 4 is 5.91 Å². The average Bonchev–Trinajstić information content (AvgIpc) is 3.15. The van der Waals surface area contributed by atoms with Gasteiger partial charge in [0.1, 0.15) is 24.4 Å². The maximum atomic E-state index is 13.0. The minimum Gasteiger partial charge on any atom is -0.394 e. The molecule has 7 N–H and O–H groups in total. The van der Waals surface area contributed by atoms with Crippen molar-refractivity contribution in [3.05, 3.63) is 36.0 Å². The third-order valence-corrected chi connectivity index (χ3v) is 10.2. The van der Waals surface area contributed by atoms with Gasteiger partial charge in [-0.1, -0.05) is 159 Å². The summed E-state index contributed by atoms with van der Waals surface area (Å²) in [5.74, 6) is -0.713. The first-order valence-electron chi connectivity index (χ1n) is 21.2. The van der Waals surface area contributed by atoms with Gasteiger partial charge in [-0.25, -0.2) is 0 Å². The van der Waals surface area contributed by atoms with Crippen LogP contribution in [0.1, 0.15) is 168 Å². The highest BCUT2D eigenvalue weighted by atomic mass is 16.7. The second kappa shape index (κ2) is 32.6. The van der Waals surface area contributed by atoms with Crippen LogP contribution in [-0.4, -0.2) is 98.7 Å². The number of aliphatic hydroxyl groups excluding tert-OH is 6. The molecule has 1 rings (SSSR count). The lowest BCUT2D eigenvalue weighted by molar-refractivity contribution is -0.302. The molecule has 8 atom stereocenters. The molecule has 1 aliphatic rings. The predicted molar refractivity (Wildman–Crippen MR) is 213 cm³/mol. The van der Waals surface area contributed by atoms with Crippen LogP contribution in [0.2, 0.25) is 0 Å². The van der Waals surface area contributed by atoms with Crippen LogP contribution in [0.25, 0.3) is 0 Å². The van der Waals surface area contributed by atoms with E-state index in [1.54, 1.807) is 12.2 Å². The fraction of sp³-hybridized carbons (Fsp3) is 0.837. The van der Waals surface area contributed by atoms with Crippen LogP contribution in [0.15, 0.2) is 36.0 Å². The lowest BCUT2D eigenvalue weighted by atomic mass is 9.99. The lowest BCUT2D eigenvalue weighted by Gasteiger charge is -2.40. The number of unbranched alkanes of at least 4 members (excludes halogenated alkanes) is 19. The fourth-order valence-electron chi connectivity index (χ4n) is 6.57. The van der Waals surface area contributed by atoms with Gasteiger partial charge < -0.3 is 45.4 Å². The molecule has 0 aliphatic carbocycles. The van der Waals surface area contributed by atoms with E-state index in [0.29, 0.717) is 6.42 Å². The summed E-state index contributed by atoms with van der Waals surface area (Å²) in [6.07, 6.45) is 26.3. The molecule has 0 aromatic heterocycles. The van der Waals surface area contributed by atoms with Crippen LogP contribution in [-0.2, 0) is 14.3 Å². The van der Waals surface area contributed by atoms with Crippen molar-refractivity contribution in [2.45, 2.75) is 217 Å². The average molecular weight is 754 g/mol. The number of carbonyl (C=O) groups is 1. The smallest absolute Gasteiger partial charge is 0.253 e. The van der Waals surface area contributed by atoms with Gasteiger partial charge in [0.15, 0.2) is 12.4 Å². The number of carbonyl (C=O) groups excluding carboxylic acids is 1. The monoisotopic (exact) mass is 754 g/mol. The van der Waals surface area contributed by atoms with E-state index >= 15 is 0 Å². The lowest BCUT2D eigenvalue weighted by Crippen LogP contribution is -2.60. The topological polar surface area (TPSA) is 169 Å². The number of amides is 1. The molecule has 0 spiro atoms. The molecule has 0 aromatic carbocycles. The summed E-state index contributed by atoms with van der Waals surface area (Å²) < 4.78 is 11.1. The van der Waals surface area contributed by atoms with Crippen LogP contribution in [0.4, 0.5) is 0 Å². The standard InChI is InChI=1S/C43H79NO9/c1-4-6-8-10-12-13-14-15-16-17-18-20-22-26-31-37(47)42(51)44-35(33-52-43-41(50)40(49)39(48)38(32-45)53-43)36(46)30-27-23-25-29-34(3)28-24-21-19-11-9-7-5-2/h26-27,29-31,35-41,43,45-50H,4-25,28,32-33H2,1-3H3,(H,44,51)/b30-27+,31-26+,34-29+/t35?,36?,37?,38-,39-,40?,41?,43-/m1/s1. The molecule has 1 amide bonds. The van der Waals surface area contributed by atoms with Gasteiger partial charge in [0.05, 0.1) is 25.4 Å². The number of rotatable bonds is 33. The zero-order valence-electron chi connectivity index (χ0n) is 33.6. The second-order valence-corrected chi connectivity index (χ2v) is 15.1. The van der Waals surface area contributed by atoms with E-state index < -0.39 is 61.5 Å². The molecule has 0 aromatic rings. The van der Waals surface area contributed by atoms with Crippen molar-refractivity contribution in [1.82, 2.24) is 5.32 Å². The Labute approximate surface area is 322 Å². The molecule has 1 heterocycles. The quantitative estimate of drug-likeness (QED) is 0.0274. The van der Waals surface area contributed by atoms with Crippen molar-refractivity contribution < 1.29 is 44.9 Å². The molecule has 1 saturated heterocycles. The first-order valence-corrected chi connectivity index (χ1v) is 21.2. The fourth-order valence-corrected chi connectivity index (χ4v) is 6.57. The van der Waals surface area contributed by atoms with E-state index in [2.05, 4.69) is 32.2 Å². The Kier molecular flexibility index (Phi) is 30.4. The highest BCUT2D eigenvalue weighted by molar-refractivity contribution is 5.82. The van der Waals surface area contributed by atoms with E-state index in [1.807, 2.05) is 6.08 Å². The number of hydrogen-bond acceptors (Lipinski definition) is 9. The Morgan fingerprint density at radius 1 is 0.698 bits per heavy atom. The summed E-state index contributed by atoms with van der Waals surface area (Å²) in [6, 6.07) is -1.03. The molecule has 0 bridgehead atoms. The molecular weight excluding hydrogens is 674 g/mol. The number of aliphatic hydroxyl groups is 6. The number of ether oxygens (including phenoxy) is 2. The maximum absolute atomic E-state index is 13.0. The molecule has 10 nitrogen and oxygen atoms in total. The van der Waals surface area contributed by atoms with Crippen molar-refractivity contribution in [3.63, 3.8) is 0 Å². The van der Waals surface area contributed by atoms with E-state index in [9.17, 15) is 35.4 Å². The van der Waals surface area contributed by atoms with E-state index in [4.69, 9.17) is 9.47 Å². The molecule has 0 radical (unpaired) electrons. The number of allylic oxidation sites excluding steroid dienone is 4. The summed E-state index contributed by atoms with van der Waals surface area (Å²) in [4.78, 5) is 13.0. The minimum absolute atomic E-state index is 0.341. The first kappa shape index (κ1) is 49.4. The largest absolute Gasteiger partial charge is 0.394 e. The predicted octanol–water partition coefficient (Wildman–Crippen LogP) is 7.08. The Balaban J connectivity index is 2.59. The van der Waals surface area contributed by atoms with Crippen LogP contribution >= 0.6 is 0 Å². The maximum Gasteiger partial charge on any atom is 0.253 e. The van der Waals surface area contributed by atoms with Crippen molar-refractivity contribution in [1.29, 1.82) is 0 Å². The van der Waals surface area contributed by atoms with E-state index in [1.165, 1.54) is 121 Å². The van der Waals surface area contributed by atoms with Crippen LogP contribution in [0.3, 0.4) is 0 Å². The highest BCUT2D eigenvalue weighted by Gasteiger charge is 2.44. The summed E-state index contributed by atoms with van der Waals surface area (Å²) in [5.41, 5.74) is 1.35. The summed E-state index contributed by atoms with van der Waals surface area (Å²) in [5, 5.41) is 64.4. The molecular formula is C43H79NO9. The Bertz CT molecular complexity index is 971. The third kappa shape index (κ3) is 23.8. The highest BCUT2D eigenvalue weighted by Crippen LogP contribution is 2.22. The number of hydrogen-bond donors (Lipinski definition) is 7. The van der Waals surface area contributed by atoms with Gasteiger partial charge in [-0.2, -0.15) is 0 Å². The Hall–Kier alpha value is -1.63. The van der Waals surface area contributed by atoms with Crippen LogP contribution < -0.4 is 5.32 Å². The third-order valence-electron chi connectivity index (χ3n) is 10.2. The molecule has 5 unspecified atom stereocenters. The minimum atomic E-state index is -1.62. The van der Waals surface area contributed by atoms with Gasteiger partial charge in [-0.15, -0.1) is 0 Å². The Morgan fingerprint density at radius 2 is 1.23 bits per heavy atom. The van der Waals surface area contributed by atoms with E-state index in [-0.39, 0.29) is 6.61 Å². The molecule has 10 heteroatoms. The second-order valence-electron chi connectivity index (χ2n) is 15.1. The first-order chi connectivity index (χ1) is 25.7. The molecule has 53 heavy (non-hydrogen) atoms. The van der Waals surface area contributed by atoms with Gasteiger partial charge in [0.2, 0.25) is 0 Å². The van der Waals surface area contributed by atoms with Gasteiger partial charge in [-0.3, -0.25) is 4.79 Å². The molecule has 1 fully saturated rings. The van der Waals surface area contributed by atoms with Crippen LogP contribution in [0, 0.1) is 0 Å². The van der Waals surface area contributed by atoms with Gasteiger partial charge >= 0.3 is 0 Å². The SMILES string of the molecule is CCCCCCCCCCCCCC/C=C/C(O)C(=O)NC(CO[C@@H]1O[C@H](CO)[C@@H](O)C(O)C1O)C(O)/C=C/CC/C=C(\C)CCCCCCCCC. The van der Waals surface area contributed by atoms with Crippen LogP contribution in [0.5, 0.6) is 0 Å². The summed E-state index contributed by atoms with van der Waals surface area (Å²) in [7, 11) is 0. The van der Waals surface area contributed by atoms with Gasteiger partial charge in [0.25, 0.3) is 5.91 Å².